The van der Waals surface area contributed by atoms with Crippen molar-refractivity contribution < 1.29 is 14.6 Å². The number of amides is 1. The molecular weight excluding hydrogens is 277 g/mol. The van der Waals surface area contributed by atoms with E-state index in [-0.39, 0.29) is 12.5 Å². The largest absolute Gasteiger partial charge is 0.492 e. The van der Waals surface area contributed by atoms with Gasteiger partial charge >= 0.3 is 0 Å². The number of hydrogen-bond donors (Lipinski definition) is 2. The van der Waals surface area contributed by atoms with Gasteiger partial charge in [0.1, 0.15) is 5.75 Å². The fourth-order valence-electron chi connectivity index (χ4n) is 1.42. The Morgan fingerprint density at radius 3 is 2.78 bits per heavy atom. The highest BCUT2D eigenvalue weighted by Crippen LogP contribution is 2.32. The predicted octanol–water partition coefficient (Wildman–Crippen LogP) is 2.39. The molecule has 0 atom stereocenters. The number of carbonyl (C=O) groups is 1. The van der Waals surface area contributed by atoms with Gasteiger partial charge in [-0.3, -0.25) is 4.79 Å². The van der Waals surface area contributed by atoms with Gasteiger partial charge in [-0.2, -0.15) is 0 Å². The highest BCUT2D eigenvalue weighted by atomic mass is 35.5. The van der Waals surface area contributed by atoms with E-state index in [1.165, 1.54) is 0 Å². The van der Waals surface area contributed by atoms with Crippen LogP contribution in [0, 0.1) is 0 Å². The lowest BCUT2D eigenvalue weighted by Gasteiger charge is -2.12. The zero-order valence-electron chi connectivity index (χ0n) is 10.0. The summed E-state index contributed by atoms with van der Waals surface area (Å²) in [6.45, 7) is 0.146. The lowest BCUT2D eigenvalue weighted by molar-refractivity contribution is -0.120. The fourth-order valence-corrected chi connectivity index (χ4v) is 2.01. The summed E-state index contributed by atoms with van der Waals surface area (Å²) in [4.78, 5) is 11.0. The van der Waals surface area contributed by atoms with Gasteiger partial charge in [0, 0.05) is 24.1 Å². The number of benzene rings is 1. The third-order valence-electron chi connectivity index (χ3n) is 2.33. The average Bonchev–Trinajstić information content (AvgIpc) is 2.35. The normalized spacial score (nSPS) is 10.2. The summed E-state index contributed by atoms with van der Waals surface area (Å²) in [6.07, 6.45) is 0.958. The van der Waals surface area contributed by atoms with E-state index in [9.17, 15) is 9.90 Å². The van der Waals surface area contributed by atoms with Gasteiger partial charge in [0.25, 0.3) is 0 Å². The van der Waals surface area contributed by atoms with E-state index in [1.54, 1.807) is 19.2 Å². The van der Waals surface area contributed by atoms with Crippen molar-refractivity contribution in [3.63, 3.8) is 0 Å². The maximum absolute atomic E-state index is 11.0. The summed E-state index contributed by atoms with van der Waals surface area (Å²) >= 11 is 11.8. The zero-order valence-corrected chi connectivity index (χ0v) is 11.5. The maximum Gasteiger partial charge on any atom is 0.219 e. The molecule has 0 fully saturated rings. The van der Waals surface area contributed by atoms with Crippen molar-refractivity contribution in [1.82, 2.24) is 5.32 Å². The van der Waals surface area contributed by atoms with Crippen molar-refractivity contribution in [2.75, 3.05) is 13.7 Å². The first-order valence-electron chi connectivity index (χ1n) is 5.50. The molecule has 0 spiro atoms. The van der Waals surface area contributed by atoms with Crippen molar-refractivity contribution >= 4 is 29.1 Å². The van der Waals surface area contributed by atoms with Crippen molar-refractivity contribution in [3.05, 3.63) is 27.7 Å². The molecule has 100 valence electrons. The van der Waals surface area contributed by atoms with E-state index in [0.29, 0.717) is 40.8 Å². The van der Waals surface area contributed by atoms with Gasteiger partial charge in [-0.1, -0.05) is 23.2 Å². The summed E-state index contributed by atoms with van der Waals surface area (Å²) < 4.78 is 5.48. The van der Waals surface area contributed by atoms with E-state index in [4.69, 9.17) is 27.9 Å². The highest BCUT2D eigenvalue weighted by Gasteiger charge is 2.10. The van der Waals surface area contributed by atoms with Crippen LogP contribution in [-0.2, 0) is 11.4 Å². The molecule has 1 rings (SSSR count). The van der Waals surface area contributed by atoms with Gasteiger partial charge in [0.2, 0.25) is 5.91 Å². The predicted molar refractivity (Wildman–Crippen MR) is 71.2 cm³/mol. The fraction of sp³-hybridized carbons (Fsp3) is 0.417. The summed E-state index contributed by atoms with van der Waals surface area (Å²) in [5.74, 6) is 0.378. The van der Waals surface area contributed by atoms with Crippen molar-refractivity contribution in [1.29, 1.82) is 0 Å². The molecule has 4 nitrogen and oxygen atoms in total. The van der Waals surface area contributed by atoms with Crippen molar-refractivity contribution in [2.45, 2.75) is 19.4 Å². The monoisotopic (exact) mass is 291 g/mol. The SMILES string of the molecule is CNC(=O)CCCOc1c(Cl)cc(Cl)cc1CO. The van der Waals surface area contributed by atoms with Crippen LogP contribution >= 0.6 is 23.2 Å². The van der Waals surface area contributed by atoms with Gasteiger partial charge in [-0.15, -0.1) is 0 Å². The minimum Gasteiger partial charge on any atom is -0.492 e. The molecule has 1 aromatic carbocycles. The molecule has 0 unspecified atom stereocenters. The van der Waals surface area contributed by atoms with E-state index in [1.807, 2.05) is 0 Å². The van der Waals surface area contributed by atoms with Crippen LogP contribution < -0.4 is 10.1 Å². The Hall–Kier alpha value is -0.970. The van der Waals surface area contributed by atoms with Crippen LogP contribution in [0.25, 0.3) is 0 Å². The molecule has 0 heterocycles. The van der Waals surface area contributed by atoms with Gasteiger partial charge in [-0.05, 0) is 18.6 Å². The molecule has 0 radical (unpaired) electrons. The Labute approximate surface area is 116 Å². The molecule has 0 bridgehead atoms. The number of ether oxygens (including phenoxy) is 1. The lowest BCUT2D eigenvalue weighted by Crippen LogP contribution is -2.18. The molecule has 0 saturated carbocycles. The lowest BCUT2D eigenvalue weighted by atomic mass is 10.2. The molecule has 0 saturated heterocycles. The van der Waals surface area contributed by atoms with Crippen LogP contribution in [-0.4, -0.2) is 24.7 Å². The first-order chi connectivity index (χ1) is 8.58. The molecule has 6 heteroatoms. The van der Waals surface area contributed by atoms with E-state index in [0.717, 1.165) is 0 Å². The van der Waals surface area contributed by atoms with E-state index in [2.05, 4.69) is 5.32 Å². The first-order valence-corrected chi connectivity index (χ1v) is 6.26. The Morgan fingerprint density at radius 1 is 1.44 bits per heavy atom. The molecule has 0 aliphatic heterocycles. The number of rotatable bonds is 6. The second kappa shape index (κ2) is 7.46. The molecule has 1 amide bonds. The highest BCUT2D eigenvalue weighted by molar-refractivity contribution is 6.35. The minimum atomic E-state index is -0.203. The quantitative estimate of drug-likeness (QED) is 0.791. The summed E-state index contributed by atoms with van der Waals surface area (Å²) in [7, 11) is 1.59. The summed E-state index contributed by atoms with van der Waals surface area (Å²) in [5.41, 5.74) is 0.535. The first kappa shape index (κ1) is 15.1. The van der Waals surface area contributed by atoms with Crippen LogP contribution in [0.2, 0.25) is 10.0 Å². The minimum absolute atomic E-state index is 0.0387. The number of aliphatic hydroxyl groups excluding tert-OH is 1. The molecule has 2 N–H and O–H groups in total. The van der Waals surface area contributed by atoms with Crippen molar-refractivity contribution in [2.24, 2.45) is 0 Å². The van der Waals surface area contributed by atoms with Crippen LogP contribution in [0.3, 0.4) is 0 Å². The third-order valence-corrected chi connectivity index (χ3v) is 2.83. The van der Waals surface area contributed by atoms with Crippen LogP contribution in [0.4, 0.5) is 0 Å². The number of carbonyl (C=O) groups excluding carboxylic acids is 1. The topological polar surface area (TPSA) is 58.6 Å². The van der Waals surface area contributed by atoms with Gasteiger partial charge in [0.05, 0.1) is 18.2 Å². The maximum atomic E-state index is 11.0. The smallest absolute Gasteiger partial charge is 0.219 e. The Kier molecular flexibility index (Phi) is 6.25. The number of hydrogen-bond acceptors (Lipinski definition) is 3. The number of halogens is 2. The Morgan fingerprint density at radius 2 is 2.17 bits per heavy atom. The number of aliphatic hydroxyl groups is 1. The van der Waals surface area contributed by atoms with E-state index >= 15 is 0 Å². The second-order valence-electron chi connectivity index (χ2n) is 3.66. The van der Waals surface area contributed by atoms with Gasteiger partial charge < -0.3 is 15.2 Å². The van der Waals surface area contributed by atoms with Gasteiger partial charge in [0.15, 0.2) is 0 Å². The van der Waals surface area contributed by atoms with Gasteiger partial charge in [-0.25, -0.2) is 0 Å². The molecule has 18 heavy (non-hydrogen) atoms. The molecule has 0 aromatic heterocycles. The molecule has 1 aromatic rings. The van der Waals surface area contributed by atoms with Crippen LogP contribution in [0.5, 0.6) is 5.75 Å². The Bertz CT molecular complexity index is 424. The molecule has 0 aliphatic rings. The average molecular weight is 292 g/mol. The van der Waals surface area contributed by atoms with Crippen molar-refractivity contribution in [3.8, 4) is 5.75 Å². The Balaban J connectivity index is 2.59. The number of nitrogens with one attached hydrogen (secondary N) is 1. The summed E-state index contributed by atoms with van der Waals surface area (Å²) in [6, 6.07) is 3.15. The molecule has 0 aliphatic carbocycles. The molecular formula is C12H15Cl2NO3. The standard InChI is InChI=1S/C12H15Cl2NO3/c1-15-11(17)3-2-4-18-12-8(7-16)5-9(13)6-10(12)14/h5-6,16H,2-4,7H2,1H3,(H,15,17). The van der Waals surface area contributed by atoms with E-state index < -0.39 is 0 Å². The summed E-state index contributed by atoms with van der Waals surface area (Å²) in [5, 5.41) is 12.5. The van der Waals surface area contributed by atoms with Crippen LogP contribution in [0.15, 0.2) is 12.1 Å². The zero-order chi connectivity index (χ0) is 13.5. The van der Waals surface area contributed by atoms with Crippen LogP contribution in [0.1, 0.15) is 18.4 Å². The third kappa shape index (κ3) is 4.37. The second-order valence-corrected chi connectivity index (χ2v) is 4.50.